The molecular weight excluding hydrogens is 410 g/mol. The number of rotatable bonds is 7. The fourth-order valence-electron chi connectivity index (χ4n) is 2.53. The second kappa shape index (κ2) is 8.68. The maximum absolute atomic E-state index is 12.4. The van der Waals surface area contributed by atoms with E-state index in [-0.39, 0.29) is 5.91 Å². The van der Waals surface area contributed by atoms with Gasteiger partial charge in [-0.15, -0.1) is 0 Å². The van der Waals surface area contributed by atoms with Crippen molar-refractivity contribution in [1.82, 2.24) is 19.9 Å². The number of aromatic nitrogens is 3. The van der Waals surface area contributed by atoms with Gasteiger partial charge in [-0.1, -0.05) is 0 Å². The molecule has 0 saturated carbocycles. The van der Waals surface area contributed by atoms with Crippen LogP contribution in [0.4, 0.5) is 5.82 Å². The number of nitrogens with one attached hydrogen (secondary N) is 2. The van der Waals surface area contributed by atoms with Crippen LogP contribution in [-0.4, -0.2) is 40.6 Å². The topological polar surface area (TPSA) is 81.1 Å². The van der Waals surface area contributed by atoms with Crippen molar-refractivity contribution in [2.24, 2.45) is 0 Å². The van der Waals surface area contributed by atoms with E-state index >= 15 is 0 Å². The summed E-state index contributed by atoms with van der Waals surface area (Å²) in [5.41, 5.74) is 0.530. The van der Waals surface area contributed by atoms with Gasteiger partial charge in [0, 0.05) is 36.0 Å². The molecular formula is C19H20BrN5O2. The molecule has 0 aliphatic heterocycles. The predicted octanol–water partition coefficient (Wildman–Crippen LogP) is 3.19. The van der Waals surface area contributed by atoms with E-state index in [0.29, 0.717) is 36.0 Å². The summed E-state index contributed by atoms with van der Waals surface area (Å²) in [7, 11) is 1.57. The molecule has 27 heavy (non-hydrogen) atoms. The SMILES string of the molecule is COc1ccc(Br)c(C(=O)NCCNc2cc(-n3cccc3)nc(C)n2)c1. The number of methoxy groups -OCH3 is 1. The smallest absolute Gasteiger partial charge is 0.252 e. The van der Waals surface area contributed by atoms with Gasteiger partial charge in [0.1, 0.15) is 23.2 Å². The van der Waals surface area contributed by atoms with Gasteiger partial charge >= 0.3 is 0 Å². The number of carbonyl (C=O) groups excluding carboxylic acids is 1. The highest BCUT2D eigenvalue weighted by Crippen LogP contribution is 2.22. The third kappa shape index (κ3) is 4.85. The predicted molar refractivity (Wildman–Crippen MR) is 108 cm³/mol. The molecule has 1 amide bonds. The van der Waals surface area contributed by atoms with E-state index in [1.165, 1.54) is 0 Å². The molecule has 0 aliphatic carbocycles. The Hall–Kier alpha value is -2.87. The van der Waals surface area contributed by atoms with Crippen LogP contribution in [0.5, 0.6) is 5.75 Å². The maximum Gasteiger partial charge on any atom is 0.252 e. The first-order valence-corrected chi connectivity index (χ1v) is 9.21. The van der Waals surface area contributed by atoms with Gasteiger partial charge in [-0.25, -0.2) is 9.97 Å². The van der Waals surface area contributed by atoms with Crippen molar-refractivity contribution in [1.29, 1.82) is 0 Å². The Morgan fingerprint density at radius 3 is 2.70 bits per heavy atom. The Balaban J connectivity index is 1.57. The van der Waals surface area contributed by atoms with E-state index in [1.54, 1.807) is 25.3 Å². The van der Waals surface area contributed by atoms with Crippen molar-refractivity contribution in [2.45, 2.75) is 6.92 Å². The average molecular weight is 430 g/mol. The lowest BCUT2D eigenvalue weighted by atomic mass is 10.2. The Bertz CT molecular complexity index is 928. The van der Waals surface area contributed by atoms with E-state index in [4.69, 9.17) is 4.74 Å². The Labute approximate surface area is 165 Å². The molecule has 140 valence electrons. The lowest BCUT2D eigenvalue weighted by molar-refractivity contribution is 0.0954. The monoisotopic (exact) mass is 429 g/mol. The molecule has 2 heterocycles. The summed E-state index contributed by atoms with van der Waals surface area (Å²) in [6.07, 6.45) is 3.86. The first kappa shape index (κ1) is 18.9. The highest BCUT2D eigenvalue weighted by atomic mass is 79.9. The summed E-state index contributed by atoms with van der Waals surface area (Å²) in [5, 5.41) is 6.10. The number of ether oxygens (including phenoxy) is 1. The van der Waals surface area contributed by atoms with Crippen LogP contribution in [0.2, 0.25) is 0 Å². The van der Waals surface area contributed by atoms with Crippen LogP contribution >= 0.6 is 15.9 Å². The van der Waals surface area contributed by atoms with Crippen molar-refractivity contribution in [2.75, 3.05) is 25.5 Å². The highest BCUT2D eigenvalue weighted by Gasteiger charge is 2.11. The summed E-state index contributed by atoms with van der Waals surface area (Å²) in [6, 6.07) is 11.0. The Kier molecular flexibility index (Phi) is 6.08. The zero-order valence-corrected chi connectivity index (χ0v) is 16.7. The normalized spacial score (nSPS) is 10.5. The summed E-state index contributed by atoms with van der Waals surface area (Å²) < 4.78 is 7.80. The number of anilines is 1. The van der Waals surface area contributed by atoms with Gasteiger partial charge in [0.15, 0.2) is 0 Å². The molecule has 0 radical (unpaired) electrons. The maximum atomic E-state index is 12.4. The molecule has 7 nitrogen and oxygen atoms in total. The molecule has 0 spiro atoms. The molecule has 0 fully saturated rings. The van der Waals surface area contributed by atoms with Crippen LogP contribution in [0.3, 0.4) is 0 Å². The summed E-state index contributed by atoms with van der Waals surface area (Å²) in [5.74, 6) is 2.64. The second-order valence-electron chi connectivity index (χ2n) is 5.78. The van der Waals surface area contributed by atoms with Gasteiger partial charge in [-0.3, -0.25) is 4.79 Å². The summed E-state index contributed by atoms with van der Waals surface area (Å²) in [6.45, 7) is 2.83. The quantitative estimate of drug-likeness (QED) is 0.563. The molecule has 3 aromatic rings. The van der Waals surface area contributed by atoms with Crippen molar-refractivity contribution in [3.8, 4) is 11.6 Å². The molecule has 0 atom stereocenters. The molecule has 0 bridgehead atoms. The molecule has 1 aromatic carbocycles. The zero-order valence-electron chi connectivity index (χ0n) is 15.1. The van der Waals surface area contributed by atoms with Gasteiger partial charge in [-0.05, 0) is 53.2 Å². The molecule has 0 saturated heterocycles. The van der Waals surface area contributed by atoms with E-state index in [9.17, 15) is 4.79 Å². The van der Waals surface area contributed by atoms with Gasteiger partial charge in [0.25, 0.3) is 5.91 Å². The minimum atomic E-state index is -0.172. The fraction of sp³-hybridized carbons (Fsp3) is 0.211. The Morgan fingerprint density at radius 2 is 1.96 bits per heavy atom. The van der Waals surface area contributed by atoms with E-state index in [0.717, 1.165) is 10.3 Å². The summed E-state index contributed by atoms with van der Waals surface area (Å²) >= 11 is 3.39. The number of hydrogen-bond acceptors (Lipinski definition) is 5. The van der Waals surface area contributed by atoms with Crippen LogP contribution in [0.25, 0.3) is 5.82 Å². The zero-order chi connectivity index (χ0) is 19.2. The average Bonchev–Trinajstić information content (AvgIpc) is 3.20. The first-order chi connectivity index (χ1) is 13.1. The lowest BCUT2D eigenvalue weighted by Crippen LogP contribution is -2.29. The lowest BCUT2D eigenvalue weighted by Gasteiger charge is -2.11. The number of carbonyl (C=O) groups is 1. The van der Waals surface area contributed by atoms with E-state index < -0.39 is 0 Å². The molecule has 2 N–H and O–H groups in total. The van der Waals surface area contributed by atoms with Gasteiger partial charge < -0.3 is 19.9 Å². The van der Waals surface area contributed by atoms with E-state index in [1.807, 2.05) is 42.1 Å². The number of hydrogen-bond donors (Lipinski definition) is 2. The number of aryl methyl sites for hydroxylation is 1. The van der Waals surface area contributed by atoms with Crippen molar-refractivity contribution >= 4 is 27.7 Å². The third-order valence-corrected chi connectivity index (χ3v) is 4.52. The third-order valence-electron chi connectivity index (χ3n) is 3.83. The molecule has 0 aliphatic rings. The van der Waals surface area contributed by atoms with Crippen molar-refractivity contribution < 1.29 is 9.53 Å². The summed E-state index contributed by atoms with van der Waals surface area (Å²) in [4.78, 5) is 21.2. The molecule has 8 heteroatoms. The molecule has 3 rings (SSSR count). The minimum absolute atomic E-state index is 0.172. The second-order valence-corrected chi connectivity index (χ2v) is 6.63. The standard InChI is InChI=1S/C19H20BrN5O2/c1-13-23-17(12-18(24-13)25-9-3-4-10-25)21-7-8-22-19(26)15-11-14(27-2)5-6-16(15)20/h3-6,9-12H,7-8H2,1-2H3,(H,22,26)(H,21,23,24). The van der Waals surface area contributed by atoms with Crippen molar-refractivity contribution in [3.05, 3.63) is 64.7 Å². The highest BCUT2D eigenvalue weighted by molar-refractivity contribution is 9.10. The number of halogens is 1. The number of amides is 1. The van der Waals surface area contributed by atoms with Gasteiger partial charge in [-0.2, -0.15) is 0 Å². The Morgan fingerprint density at radius 1 is 1.19 bits per heavy atom. The van der Waals surface area contributed by atoms with E-state index in [2.05, 4.69) is 36.5 Å². The van der Waals surface area contributed by atoms with Gasteiger partial charge in [0.2, 0.25) is 0 Å². The first-order valence-electron chi connectivity index (χ1n) is 8.41. The number of nitrogens with zero attached hydrogens (tertiary/aromatic N) is 3. The van der Waals surface area contributed by atoms with Crippen LogP contribution in [0, 0.1) is 6.92 Å². The largest absolute Gasteiger partial charge is 0.497 e. The molecule has 0 unspecified atom stereocenters. The van der Waals surface area contributed by atoms with Crippen molar-refractivity contribution in [3.63, 3.8) is 0 Å². The van der Waals surface area contributed by atoms with Crippen LogP contribution in [0.15, 0.2) is 53.3 Å². The minimum Gasteiger partial charge on any atom is -0.497 e. The molecule has 2 aromatic heterocycles. The van der Waals surface area contributed by atoms with Crippen LogP contribution in [-0.2, 0) is 0 Å². The fourth-order valence-corrected chi connectivity index (χ4v) is 2.96. The van der Waals surface area contributed by atoms with Gasteiger partial charge in [0.05, 0.1) is 12.7 Å². The number of benzene rings is 1. The van der Waals surface area contributed by atoms with Crippen LogP contribution in [0.1, 0.15) is 16.2 Å². The van der Waals surface area contributed by atoms with Crippen LogP contribution < -0.4 is 15.4 Å².